The molecule has 2 rings (SSSR count). The Bertz CT molecular complexity index is 153. The fraction of sp³-hybridized carbons (Fsp3) is 1.00. The molecular weight excluding hydrogens is 172 g/mol. The van der Waals surface area contributed by atoms with E-state index in [1.165, 1.54) is 18.4 Å². The highest BCUT2D eigenvalue weighted by Gasteiger charge is 2.37. The molecular formula is C12H24Si. The van der Waals surface area contributed by atoms with Gasteiger partial charge in [0, 0.05) is 0 Å². The highest BCUT2D eigenvalue weighted by atomic mass is 28.3. The molecule has 0 aromatic carbocycles. The van der Waals surface area contributed by atoms with E-state index < -0.39 is 8.07 Å². The molecule has 0 bridgehead atoms. The maximum Gasteiger partial charge on any atom is 0.0535 e. The van der Waals surface area contributed by atoms with Crippen LogP contribution in [0.3, 0.4) is 0 Å². The van der Waals surface area contributed by atoms with Crippen LogP contribution in [0.1, 0.15) is 51.4 Å². The van der Waals surface area contributed by atoms with E-state index in [1.807, 2.05) is 0 Å². The second kappa shape index (κ2) is 4.16. The largest absolute Gasteiger partial charge is 0.0689 e. The summed E-state index contributed by atoms with van der Waals surface area (Å²) in [6, 6.07) is 3.33. The summed E-state index contributed by atoms with van der Waals surface area (Å²) in [5.41, 5.74) is 1.22. The van der Waals surface area contributed by atoms with Crippen LogP contribution in [-0.2, 0) is 0 Å². The third-order valence-electron chi connectivity index (χ3n) is 4.59. The molecule has 2 aliphatic rings. The number of hydrogen-bond acceptors (Lipinski definition) is 0. The van der Waals surface area contributed by atoms with Crippen LogP contribution >= 0.6 is 0 Å². The summed E-state index contributed by atoms with van der Waals surface area (Å²) in [6.07, 6.45) is 12.5. The first-order chi connectivity index (χ1) is 6.31. The molecule has 0 spiro atoms. The minimum absolute atomic E-state index is 0.736. The zero-order chi connectivity index (χ0) is 9.15. The van der Waals surface area contributed by atoms with Crippen LogP contribution < -0.4 is 0 Å². The van der Waals surface area contributed by atoms with Gasteiger partial charge in [0.05, 0.1) is 8.07 Å². The van der Waals surface area contributed by atoms with E-state index in [4.69, 9.17) is 0 Å². The summed E-state index contributed by atoms with van der Waals surface area (Å²) < 4.78 is 0. The van der Waals surface area contributed by atoms with Crippen molar-refractivity contribution in [2.24, 2.45) is 0 Å². The van der Waals surface area contributed by atoms with Gasteiger partial charge in [0.15, 0.2) is 0 Å². The average molecular weight is 196 g/mol. The Balaban J connectivity index is 1.94. The van der Waals surface area contributed by atoms with Gasteiger partial charge in [0.1, 0.15) is 0 Å². The summed E-state index contributed by atoms with van der Waals surface area (Å²) >= 11 is 0. The summed E-state index contributed by atoms with van der Waals surface area (Å²) in [5.74, 6) is 0. The van der Waals surface area contributed by atoms with Gasteiger partial charge in [-0.3, -0.25) is 0 Å². The van der Waals surface area contributed by atoms with Crippen molar-refractivity contribution in [2.75, 3.05) is 0 Å². The fourth-order valence-corrected chi connectivity index (χ4v) is 8.55. The lowest BCUT2D eigenvalue weighted by molar-refractivity contribution is 0.483. The molecule has 1 heteroatoms. The van der Waals surface area contributed by atoms with Crippen LogP contribution in [-0.4, -0.2) is 8.07 Å². The second-order valence-electron chi connectivity index (χ2n) is 5.55. The van der Waals surface area contributed by atoms with Gasteiger partial charge in [0.25, 0.3) is 0 Å². The van der Waals surface area contributed by atoms with Gasteiger partial charge in [-0.05, 0) is 5.54 Å². The van der Waals surface area contributed by atoms with Crippen molar-refractivity contribution >= 4 is 8.07 Å². The average Bonchev–Trinajstić information content (AvgIpc) is 2.20. The molecule has 0 nitrogen and oxygen atoms in total. The van der Waals surface area contributed by atoms with Crippen LogP contribution in [0.2, 0.25) is 24.2 Å². The van der Waals surface area contributed by atoms with Crippen LogP contribution in [0.25, 0.3) is 0 Å². The summed E-state index contributed by atoms with van der Waals surface area (Å²) in [4.78, 5) is 0. The van der Waals surface area contributed by atoms with E-state index in [9.17, 15) is 0 Å². The number of hydrogen-bond donors (Lipinski definition) is 0. The Morgan fingerprint density at radius 3 is 1.92 bits per heavy atom. The predicted octanol–water partition coefficient (Wildman–Crippen LogP) is 4.58. The lowest BCUT2D eigenvalue weighted by Crippen LogP contribution is -2.38. The van der Waals surface area contributed by atoms with Crippen molar-refractivity contribution in [2.45, 2.75) is 75.5 Å². The van der Waals surface area contributed by atoms with E-state index in [0.29, 0.717) is 0 Å². The summed E-state index contributed by atoms with van der Waals surface area (Å²) in [7, 11) is -0.736. The summed E-state index contributed by atoms with van der Waals surface area (Å²) in [5, 5.41) is 0. The van der Waals surface area contributed by atoms with Gasteiger partial charge < -0.3 is 0 Å². The molecule has 1 aliphatic carbocycles. The molecule has 0 atom stereocenters. The minimum atomic E-state index is -0.736. The first kappa shape index (κ1) is 9.76. The highest BCUT2D eigenvalue weighted by Crippen LogP contribution is 2.44. The maximum atomic E-state index is 2.71. The van der Waals surface area contributed by atoms with E-state index in [1.54, 1.807) is 50.6 Å². The molecule has 0 unspecified atom stereocenters. The summed E-state index contributed by atoms with van der Waals surface area (Å²) in [6.45, 7) is 2.71. The first-order valence-corrected chi connectivity index (χ1v) is 9.30. The van der Waals surface area contributed by atoms with Gasteiger partial charge in [-0.1, -0.05) is 70.0 Å². The molecule has 0 radical (unpaired) electrons. The van der Waals surface area contributed by atoms with Gasteiger partial charge in [-0.2, -0.15) is 0 Å². The Labute approximate surface area is 84.1 Å². The number of rotatable bonds is 1. The molecule has 1 heterocycles. The molecule has 76 valence electrons. The SMILES string of the molecule is C[Si]1(C2CCCCC2)CCCCC1. The van der Waals surface area contributed by atoms with Crippen molar-refractivity contribution in [1.29, 1.82) is 0 Å². The van der Waals surface area contributed by atoms with Crippen molar-refractivity contribution < 1.29 is 0 Å². The van der Waals surface area contributed by atoms with Gasteiger partial charge in [0.2, 0.25) is 0 Å². The lowest BCUT2D eigenvalue weighted by Gasteiger charge is -2.41. The molecule has 13 heavy (non-hydrogen) atoms. The monoisotopic (exact) mass is 196 g/mol. The Morgan fingerprint density at radius 2 is 1.31 bits per heavy atom. The Hall–Kier alpha value is 0.217. The normalized spacial score (nSPS) is 30.2. The van der Waals surface area contributed by atoms with Crippen molar-refractivity contribution in [1.82, 2.24) is 0 Å². The van der Waals surface area contributed by atoms with E-state index in [2.05, 4.69) is 6.55 Å². The highest BCUT2D eigenvalue weighted by molar-refractivity contribution is 6.80. The van der Waals surface area contributed by atoms with Crippen LogP contribution in [0, 0.1) is 0 Å². The smallest absolute Gasteiger partial charge is 0.0535 e. The zero-order valence-corrected chi connectivity index (χ0v) is 10.1. The molecule has 0 aromatic rings. The van der Waals surface area contributed by atoms with Crippen LogP contribution in [0.4, 0.5) is 0 Å². The zero-order valence-electron chi connectivity index (χ0n) is 9.15. The third-order valence-corrected chi connectivity index (χ3v) is 10.1. The molecule has 1 aliphatic heterocycles. The molecule has 1 saturated heterocycles. The Kier molecular flexibility index (Phi) is 3.12. The van der Waals surface area contributed by atoms with Crippen LogP contribution in [0.15, 0.2) is 0 Å². The van der Waals surface area contributed by atoms with Crippen molar-refractivity contribution in [3.63, 3.8) is 0 Å². The fourth-order valence-electron chi connectivity index (χ4n) is 3.57. The predicted molar refractivity (Wildman–Crippen MR) is 61.9 cm³/mol. The maximum absolute atomic E-state index is 2.71. The van der Waals surface area contributed by atoms with Crippen molar-refractivity contribution in [3.8, 4) is 0 Å². The quantitative estimate of drug-likeness (QED) is 0.538. The molecule has 0 N–H and O–H groups in total. The van der Waals surface area contributed by atoms with Crippen LogP contribution in [0.5, 0.6) is 0 Å². The molecule has 1 saturated carbocycles. The van der Waals surface area contributed by atoms with E-state index in [-0.39, 0.29) is 0 Å². The third kappa shape index (κ3) is 2.17. The first-order valence-electron chi connectivity index (χ1n) is 6.31. The molecule has 0 aromatic heterocycles. The van der Waals surface area contributed by atoms with Gasteiger partial charge in [-0.15, -0.1) is 0 Å². The van der Waals surface area contributed by atoms with Gasteiger partial charge >= 0.3 is 0 Å². The van der Waals surface area contributed by atoms with Gasteiger partial charge in [-0.25, -0.2) is 0 Å². The topological polar surface area (TPSA) is 0 Å². The van der Waals surface area contributed by atoms with E-state index in [0.717, 1.165) is 0 Å². The van der Waals surface area contributed by atoms with E-state index >= 15 is 0 Å². The lowest BCUT2D eigenvalue weighted by atomic mass is 10.0. The minimum Gasteiger partial charge on any atom is -0.0689 e. The molecule has 2 fully saturated rings. The Morgan fingerprint density at radius 1 is 0.769 bits per heavy atom. The van der Waals surface area contributed by atoms with Crippen molar-refractivity contribution in [3.05, 3.63) is 0 Å². The second-order valence-corrected chi connectivity index (χ2v) is 10.7. The standard InChI is InChI=1S/C12H24Si/c1-13(10-6-3-7-11-13)12-8-4-2-5-9-12/h12H,2-11H2,1H3. The molecule has 0 amide bonds.